The molecule has 2 rings (SSSR count). The summed E-state index contributed by atoms with van der Waals surface area (Å²) in [7, 11) is 0. The van der Waals surface area contributed by atoms with Crippen molar-refractivity contribution >= 4 is 18.0 Å². The summed E-state index contributed by atoms with van der Waals surface area (Å²) in [6.07, 6.45) is -5.78. The maximum Gasteiger partial charge on any atom is 0.330 e. The SMILES string of the molecule is CC(=O)OC(COC(=O)/C=C/c1ccc(O)cc1)CO[C@@H]1O[C@H](CO)[C@@H](O)[C@H](O)[C@H]1O. The summed E-state index contributed by atoms with van der Waals surface area (Å²) in [4.78, 5) is 23.2. The number of carbonyl (C=O) groups excluding carboxylic acids is 2. The van der Waals surface area contributed by atoms with Crippen LogP contribution in [0.15, 0.2) is 30.3 Å². The molecular weight excluding hydrogens is 416 g/mol. The zero-order chi connectivity index (χ0) is 23.0. The molecule has 1 fully saturated rings. The number of phenolic OH excluding ortho intramolecular Hbond substituents is 1. The molecular formula is C20H26O11. The highest BCUT2D eigenvalue weighted by Crippen LogP contribution is 2.22. The van der Waals surface area contributed by atoms with E-state index < -0.39 is 55.4 Å². The molecule has 1 unspecified atom stereocenters. The number of hydrogen-bond acceptors (Lipinski definition) is 11. The van der Waals surface area contributed by atoms with Crippen molar-refractivity contribution in [2.45, 2.75) is 43.7 Å². The van der Waals surface area contributed by atoms with Crippen LogP contribution in [0.2, 0.25) is 0 Å². The van der Waals surface area contributed by atoms with Crippen LogP contribution in [-0.2, 0) is 28.5 Å². The second kappa shape index (κ2) is 11.7. The summed E-state index contributed by atoms with van der Waals surface area (Å²) in [5.74, 6) is -1.31. The van der Waals surface area contributed by atoms with E-state index in [0.717, 1.165) is 13.0 Å². The number of phenols is 1. The topological polar surface area (TPSA) is 172 Å². The number of benzene rings is 1. The molecule has 1 aliphatic heterocycles. The fourth-order valence-electron chi connectivity index (χ4n) is 2.73. The molecule has 1 aromatic rings. The second-order valence-electron chi connectivity index (χ2n) is 6.82. The molecule has 1 aromatic carbocycles. The summed E-state index contributed by atoms with van der Waals surface area (Å²) in [5.41, 5.74) is 0.650. The number of esters is 2. The van der Waals surface area contributed by atoms with Crippen LogP contribution < -0.4 is 0 Å². The van der Waals surface area contributed by atoms with Crippen LogP contribution in [0.1, 0.15) is 12.5 Å². The molecule has 31 heavy (non-hydrogen) atoms. The molecule has 0 spiro atoms. The highest BCUT2D eigenvalue weighted by atomic mass is 16.7. The van der Waals surface area contributed by atoms with E-state index in [1.807, 2.05) is 0 Å². The third-order valence-corrected chi connectivity index (χ3v) is 4.34. The van der Waals surface area contributed by atoms with Gasteiger partial charge in [-0.2, -0.15) is 0 Å². The van der Waals surface area contributed by atoms with Crippen molar-refractivity contribution in [1.29, 1.82) is 0 Å². The molecule has 172 valence electrons. The molecule has 0 amide bonds. The van der Waals surface area contributed by atoms with Gasteiger partial charge in [0.2, 0.25) is 0 Å². The number of rotatable bonds is 9. The predicted octanol–water partition coefficient (Wildman–Crippen LogP) is -1.30. The Kier molecular flexibility index (Phi) is 9.37. The van der Waals surface area contributed by atoms with Crippen LogP contribution in [-0.4, -0.2) is 94.1 Å². The van der Waals surface area contributed by atoms with E-state index in [4.69, 9.17) is 18.9 Å². The van der Waals surface area contributed by atoms with Gasteiger partial charge in [0.15, 0.2) is 12.4 Å². The summed E-state index contributed by atoms with van der Waals surface area (Å²) >= 11 is 0. The van der Waals surface area contributed by atoms with E-state index in [9.17, 15) is 35.1 Å². The number of aliphatic hydroxyl groups excluding tert-OH is 4. The standard InChI is InChI=1S/C20H26O11/c1-11(22)30-14(9-28-16(24)7-4-12-2-5-13(23)6-3-12)10-29-20-19(27)18(26)17(25)15(8-21)31-20/h2-7,14-15,17-21,23,25-27H,8-10H2,1H3/b7-4+/t14?,15-,17-,18+,19-,20-/m1/s1. The van der Waals surface area contributed by atoms with Gasteiger partial charge >= 0.3 is 11.9 Å². The van der Waals surface area contributed by atoms with Crippen molar-refractivity contribution in [3.63, 3.8) is 0 Å². The van der Waals surface area contributed by atoms with Gasteiger partial charge in [-0.25, -0.2) is 4.79 Å². The molecule has 0 bridgehead atoms. The molecule has 0 aromatic heterocycles. The van der Waals surface area contributed by atoms with Gasteiger partial charge in [-0.3, -0.25) is 4.79 Å². The molecule has 0 aliphatic carbocycles. The fourth-order valence-corrected chi connectivity index (χ4v) is 2.73. The highest BCUT2D eigenvalue weighted by molar-refractivity contribution is 5.87. The molecule has 5 N–H and O–H groups in total. The average Bonchev–Trinajstić information content (AvgIpc) is 2.74. The van der Waals surface area contributed by atoms with Crippen LogP contribution >= 0.6 is 0 Å². The van der Waals surface area contributed by atoms with Crippen LogP contribution in [0, 0.1) is 0 Å². The monoisotopic (exact) mass is 442 g/mol. The molecule has 1 heterocycles. The number of aromatic hydroxyl groups is 1. The average molecular weight is 442 g/mol. The number of carbonyl (C=O) groups is 2. The van der Waals surface area contributed by atoms with E-state index >= 15 is 0 Å². The summed E-state index contributed by atoms with van der Waals surface area (Å²) in [6, 6.07) is 6.10. The third kappa shape index (κ3) is 7.58. The van der Waals surface area contributed by atoms with Crippen LogP contribution in [0.25, 0.3) is 6.08 Å². The minimum Gasteiger partial charge on any atom is -0.508 e. The van der Waals surface area contributed by atoms with Crippen LogP contribution in [0.5, 0.6) is 5.75 Å². The van der Waals surface area contributed by atoms with Crippen molar-refractivity contribution in [2.24, 2.45) is 0 Å². The van der Waals surface area contributed by atoms with Gasteiger partial charge in [-0.1, -0.05) is 12.1 Å². The lowest BCUT2D eigenvalue weighted by molar-refractivity contribution is -0.305. The highest BCUT2D eigenvalue weighted by Gasteiger charge is 2.44. The Morgan fingerprint density at radius 3 is 2.39 bits per heavy atom. The first-order chi connectivity index (χ1) is 14.7. The van der Waals surface area contributed by atoms with Gasteiger partial charge < -0.3 is 44.5 Å². The minimum absolute atomic E-state index is 0.0864. The normalized spacial score (nSPS) is 27.1. The summed E-state index contributed by atoms with van der Waals surface area (Å²) in [5, 5.41) is 47.9. The van der Waals surface area contributed by atoms with Gasteiger partial charge in [0.25, 0.3) is 0 Å². The molecule has 11 nitrogen and oxygen atoms in total. The Labute approximate surface area is 178 Å². The molecule has 6 atom stereocenters. The lowest BCUT2D eigenvalue weighted by Gasteiger charge is -2.39. The molecule has 11 heteroatoms. The Morgan fingerprint density at radius 2 is 1.77 bits per heavy atom. The Bertz CT molecular complexity index is 746. The van der Waals surface area contributed by atoms with Crippen LogP contribution in [0.3, 0.4) is 0 Å². The smallest absolute Gasteiger partial charge is 0.330 e. The van der Waals surface area contributed by atoms with Gasteiger partial charge in [-0.05, 0) is 23.8 Å². The second-order valence-corrected chi connectivity index (χ2v) is 6.82. The Balaban J connectivity index is 1.89. The zero-order valence-corrected chi connectivity index (χ0v) is 16.7. The van der Waals surface area contributed by atoms with Gasteiger partial charge in [0, 0.05) is 13.0 Å². The number of hydrogen-bond donors (Lipinski definition) is 5. The maximum absolute atomic E-state index is 11.9. The summed E-state index contributed by atoms with van der Waals surface area (Å²) in [6.45, 7) is -0.205. The fraction of sp³-hybridized carbons (Fsp3) is 0.500. The lowest BCUT2D eigenvalue weighted by Crippen LogP contribution is -2.59. The first kappa shape index (κ1) is 24.7. The Morgan fingerprint density at radius 1 is 1.10 bits per heavy atom. The van der Waals surface area contributed by atoms with Crippen molar-refractivity contribution in [3.05, 3.63) is 35.9 Å². The van der Waals surface area contributed by atoms with E-state index in [0.29, 0.717) is 5.56 Å². The van der Waals surface area contributed by atoms with Gasteiger partial charge in [-0.15, -0.1) is 0 Å². The Hall–Kier alpha value is -2.54. The van der Waals surface area contributed by atoms with E-state index in [1.165, 1.54) is 18.2 Å². The van der Waals surface area contributed by atoms with Crippen molar-refractivity contribution in [1.82, 2.24) is 0 Å². The quantitative estimate of drug-likeness (QED) is 0.227. The third-order valence-electron chi connectivity index (χ3n) is 4.34. The maximum atomic E-state index is 11.9. The first-order valence-electron chi connectivity index (χ1n) is 9.44. The van der Waals surface area contributed by atoms with Crippen molar-refractivity contribution in [3.8, 4) is 5.75 Å². The van der Waals surface area contributed by atoms with Crippen molar-refractivity contribution < 1.29 is 54.1 Å². The van der Waals surface area contributed by atoms with E-state index in [-0.39, 0.29) is 19.0 Å². The van der Waals surface area contributed by atoms with E-state index in [1.54, 1.807) is 12.1 Å². The predicted molar refractivity (Wildman–Crippen MR) is 103 cm³/mol. The number of ether oxygens (including phenoxy) is 4. The molecule has 1 saturated heterocycles. The van der Waals surface area contributed by atoms with Crippen molar-refractivity contribution in [2.75, 3.05) is 19.8 Å². The minimum atomic E-state index is -1.62. The van der Waals surface area contributed by atoms with Gasteiger partial charge in [0.1, 0.15) is 36.8 Å². The zero-order valence-electron chi connectivity index (χ0n) is 16.7. The molecule has 1 aliphatic rings. The number of aliphatic hydroxyl groups is 4. The molecule has 0 radical (unpaired) electrons. The van der Waals surface area contributed by atoms with Gasteiger partial charge in [0.05, 0.1) is 13.2 Å². The summed E-state index contributed by atoms with van der Waals surface area (Å²) < 4.78 is 20.6. The van der Waals surface area contributed by atoms with Crippen LogP contribution in [0.4, 0.5) is 0 Å². The van der Waals surface area contributed by atoms with E-state index in [2.05, 4.69) is 0 Å². The first-order valence-corrected chi connectivity index (χ1v) is 9.44. The largest absolute Gasteiger partial charge is 0.508 e. The lowest BCUT2D eigenvalue weighted by atomic mass is 9.99. The molecule has 0 saturated carbocycles.